The Kier molecular flexibility index (Phi) is 6.13. The number of ether oxygens (including phenoxy) is 2. The van der Waals surface area contributed by atoms with Crippen LogP contribution in [0.5, 0.6) is 11.5 Å². The number of nitrogens with zero attached hydrogens (tertiary/aromatic N) is 4. The van der Waals surface area contributed by atoms with Gasteiger partial charge in [-0.3, -0.25) is 4.90 Å². The lowest BCUT2D eigenvalue weighted by molar-refractivity contribution is 0.252. The fourth-order valence-electron chi connectivity index (χ4n) is 4.92. The topological polar surface area (TPSA) is 93.5 Å². The van der Waals surface area contributed by atoms with Gasteiger partial charge in [-0.2, -0.15) is 5.10 Å². The van der Waals surface area contributed by atoms with Crippen LogP contribution in [0.25, 0.3) is 16.5 Å². The highest BCUT2D eigenvalue weighted by Crippen LogP contribution is 2.38. The maximum absolute atomic E-state index is 12.0. The van der Waals surface area contributed by atoms with Gasteiger partial charge >= 0.3 is 6.03 Å². The maximum atomic E-state index is 12.0. The first-order chi connectivity index (χ1) is 17.4. The van der Waals surface area contributed by atoms with E-state index in [0.29, 0.717) is 25.5 Å². The second kappa shape index (κ2) is 9.41. The van der Waals surface area contributed by atoms with Crippen LogP contribution in [0.1, 0.15) is 24.0 Å². The molecule has 0 aliphatic carbocycles. The largest absolute Gasteiger partial charge is 0.494 e. The Morgan fingerprint density at radius 2 is 1.78 bits per heavy atom. The van der Waals surface area contributed by atoms with E-state index in [4.69, 9.17) is 9.47 Å². The highest BCUT2D eigenvalue weighted by molar-refractivity contribution is 6.00. The smallest absolute Gasteiger partial charge is 0.321 e. The van der Waals surface area contributed by atoms with Crippen LogP contribution >= 0.6 is 0 Å². The van der Waals surface area contributed by atoms with Crippen LogP contribution in [-0.4, -0.2) is 47.6 Å². The first kappa shape index (κ1) is 23.5. The molecule has 0 radical (unpaired) electrons. The number of fused-ring (bicyclic) bond motifs is 1. The number of nitrogens with one attached hydrogen (secondary N) is 2. The standard InChI is InChI=1S/C27H30N6O3/c1-6-36-21-11-12-22(23(15-21)35-5)33-17(3)24-16(2)30-31-26(25(24)18(33)4)29-19-7-9-20(10-8-19)32-14-13-28-27(32)34/h7-12,15H,6,13-14H2,1-5H3,(H,28,34)(H,29,31). The number of hydrogen-bond donors (Lipinski definition) is 2. The number of carbonyl (C=O) groups excluding carboxylic acids is 1. The summed E-state index contributed by atoms with van der Waals surface area (Å²) >= 11 is 0. The molecule has 1 fully saturated rings. The van der Waals surface area contributed by atoms with E-state index in [-0.39, 0.29) is 6.03 Å². The van der Waals surface area contributed by atoms with E-state index in [0.717, 1.165) is 56.4 Å². The normalized spacial score (nSPS) is 13.2. The van der Waals surface area contributed by atoms with Crippen molar-refractivity contribution >= 4 is 34.0 Å². The van der Waals surface area contributed by atoms with Gasteiger partial charge in [0.15, 0.2) is 5.82 Å². The number of aryl methyl sites for hydroxylation is 3. The molecule has 4 aromatic rings. The Morgan fingerprint density at radius 1 is 1.03 bits per heavy atom. The van der Waals surface area contributed by atoms with E-state index in [1.807, 2.05) is 56.3 Å². The van der Waals surface area contributed by atoms with Crippen LogP contribution in [0, 0.1) is 20.8 Å². The average molecular weight is 487 g/mol. The first-order valence-electron chi connectivity index (χ1n) is 12.0. The number of urea groups is 1. The number of rotatable bonds is 7. The van der Waals surface area contributed by atoms with Crippen LogP contribution in [0.2, 0.25) is 0 Å². The quantitative estimate of drug-likeness (QED) is 0.381. The monoisotopic (exact) mass is 486 g/mol. The number of benzene rings is 2. The molecule has 3 heterocycles. The number of amides is 2. The molecule has 2 aromatic heterocycles. The SMILES string of the molecule is CCOc1ccc(-n2c(C)c3c(C)nnc(Nc4ccc(N5CCNC5=O)cc4)c3c2C)c(OC)c1. The summed E-state index contributed by atoms with van der Waals surface area (Å²) in [5, 5.41) is 17.3. The van der Waals surface area contributed by atoms with Crippen molar-refractivity contribution in [2.45, 2.75) is 27.7 Å². The van der Waals surface area contributed by atoms with Gasteiger partial charge in [-0.05, 0) is 64.1 Å². The lowest BCUT2D eigenvalue weighted by Gasteiger charge is -2.15. The third kappa shape index (κ3) is 3.96. The van der Waals surface area contributed by atoms with Crippen LogP contribution < -0.4 is 25.0 Å². The minimum atomic E-state index is -0.0704. The molecule has 186 valence electrons. The molecule has 0 saturated carbocycles. The highest BCUT2D eigenvalue weighted by atomic mass is 16.5. The Balaban J connectivity index is 1.56. The molecule has 36 heavy (non-hydrogen) atoms. The molecule has 2 aromatic carbocycles. The van der Waals surface area contributed by atoms with Gasteiger partial charge in [-0.15, -0.1) is 5.10 Å². The fraction of sp³-hybridized carbons (Fsp3) is 0.296. The molecule has 1 aliphatic rings. The molecular weight excluding hydrogens is 456 g/mol. The van der Waals surface area contributed by atoms with E-state index in [9.17, 15) is 4.79 Å². The zero-order valence-corrected chi connectivity index (χ0v) is 21.2. The molecular formula is C27H30N6O3. The molecule has 1 aliphatic heterocycles. The van der Waals surface area contributed by atoms with Gasteiger partial charge < -0.3 is 24.7 Å². The Labute approximate surface area is 210 Å². The molecule has 2 N–H and O–H groups in total. The molecule has 0 bridgehead atoms. The van der Waals surface area contributed by atoms with Crippen molar-refractivity contribution in [3.63, 3.8) is 0 Å². The summed E-state index contributed by atoms with van der Waals surface area (Å²) in [6.07, 6.45) is 0. The Bertz CT molecular complexity index is 1440. The number of anilines is 3. The van der Waals surface area contributed by atoms with Gasteiger partial charge in [0.05, 0.1) is 25.1 Å². The summed E-state index contributed by atoms with van der Waals surface area (Å²) < 4.78 is 13.6. The van der Waals surface area contributed by atoms with Crippen molar-refractivity contribution in [3.05, 3.63) is 59.5 Å². The van der Waals surface area contributed by atoms with Crippen molar-refractivity contribution in [1.82, 2.24) is 20.1 Å². The van der Waals surface area contributed by atoms with Gasteiger partial charge in [0.2, 0.25) is 0 Å². The minimum absolute atomic E-state index is 0.0704. The van der Waals surface area contributed by atoms with Crippen molar-refractivity contribution < 1.29 is 14.3 Å². The third-order valence-corrected chi connectivity index (χ3v) is 6.54. The first-order valence-corrected chi connectivity index (χ1v) is 12.0. The zero-order valence-electron chi connectivity index (χ0n) is 21.2. The Hall–Kier alpha value is -4.27. The van der Waals surface area contributed by atoms with Gasteiger partial charge in [-0.1, -0.05) is 0 Å². The van der Waals surface area contributed by atoms with Gasteiger partial charge in [0, 0.05) is 52.7 Å². The van der Waals surface area contributed by atoms with Crippen LogP contribution in [-0.2, 0) is 0 Å². The highest BCUT2D eigenvalue weighted by Gasteiger charge is 2.23. The maximum Gasteiger partial charge on any atom is 0.321 e. The van der Waals surface area contributed by atoms with E-state index in [2.05, 4.69) is 39.2 Å². The van der Waals surface area contributed by atoms with Crippen molar-refractivity contribution in [1.29, 1.82) is 0 Å². The molecule has 0 atom stereocenters. The molecule has 2 amide bonds. The van der Waals surface area contributed by atoms with E-state index in [1.54, 1.807) is 12.0 Å². The summed E-state index contributed by atoms with van der Waals surface area (Å²) in [5.41, 5.74) is 5.57. The predicted octanol–water partition coefficient (Wildman–Crippen LogP) is 5.03. The van der Waals surface area contributed by atoms with E-state index in [1.165, 1.54) is 0 Å². The average Bonchev–Trinajstić information content (AvgIpc) is 3.42. The van der Waals surface area contributed by atoms with E-state index >= 15 is 0 Å². The number of hydrogen-bond acceptors (Lipinski definition) is 6. The lowest BCUT2D eigenvalue weighted by atomic mass is 10.1. The second-order valence-corrected chi connectivity index (χ2v) is 8.71. The van der Waals surface area contributed by atoms with Crippen LogP contribution in [0.15, 0.2) is 42.5 Å². The lowest BCUT2D eigenvalue weighted by Crippen LogP contribution is -2.27. The third-order valence-electron chi connectivity index (χ3n) is 6.54. The van der Waals surface area contributed by atoms with E-state index < -0.39 is 0 Å². The molecule has 1 saturated heterocycles. The molecule has 0 spiro atoms. The number of aromatic nitrogens is 3. The number of carbonyl (C=O) groups is 1. The van der Waals surface area contributed by atoms with Crippen molar-refractivity contribution in [2.24, 2.45) is 0 Å². The molecule has 5 rings (SSSR count). The summed E-state index contributed by atoms with van der Waals surface area (Å²) in [6, 6.07) is 13.6. The van der Waals surface area contributed by atoms with Crippen LogP contribution in [0.3, 0.4) is 0 Å². The minimum Gasteiger partial charge on any atom is -0.494 e. The van der Waals surface area contributed by atoms with Crippen LogP contribution in [0.4, 0.5) is 22.0 Å². The molecule has 9 heteroatoms. The fourth-order valence-corrected chi connectivity index (χ4v) is 4.92. The van der Waals surface area contributed by atoms with Crippen molar-refractivity contribution in [2.75, 3.05) is 37.0 Å². The second-order valence-electron chi connectivity index (χ2n) is 8.71. The zero-order chi connectivity index (χ0) is 25.4. The van der Waals surface area contributed by atoms with Gasteiger partial charge in [0.1, 0.15) is 11.5 Å². The Morgan fingerprint density at radius 3 is 2.44 bits per heavy atom. The number of methoxy groups -OCH3 is 1. The molecule has 9 nitrogen and oxygen atoms in total. The predicted molar refractivity (Wildman–Crippen MR) is 141 cm³/mol. The summed E-state index contributed by atoms with van der Waals surface area (Å²) in [6.45, 7) is 10.0. The van der Waals surface area contributed by atoms with Gasteiger partial charge in [0.25, 0.3) is 0 Å². The summed E-state index contributed by atoms with van der Waals surface area (Å²) in [5.74, 6) is 2.16. The van der Waals surface area contributed by atoms with Crippen molar-refractivity contribution in [3.8, 4) is 17.2 Å². The molecule has 0 unspecified atom stereocenters. The summed E-state index contributed by atoms with van der Waals surface area (Å²) in [7, 11) is 1.67. The van der Waals surface area contributed by atoms with Gasteiger partial charge in [-0.25, -0.2) is 4.79 Å². The summed E-state index contributed by atoms with van der Waals surface area (Å²) in [4.78, 5) is 13.7.